The van der Waals surface area contributed by atoms with E-state index in [9.17, 15) is 8.42 Å². The molecule has 1 aromatic rings. The molecule has 1 heterocycles. The highest BCUT2D eigenvalue weighted by atomic mass is 32.2. The number of hydrogen-bond acceptors (Lipinski definition) is 3. The molecule has 0 radical (unpaired) electrons. The smallest absolute Gasteiger partial charge is 0.240 e. The molecule has 3 unspecified atom stereocenters. The number of rotatable bonds is 3. The van der Waals surface area contributed by atoms with Crippen LogP contribution in [0.3, 0.4) is 0 Å². The van der Waals surface area contributed by atoms with E-state index in [2.05, 4.69) is 23.9 Å². The van der Waals surface area contributed by atoms with Gasteiger partial charge in [-0.25, -0.2) is 13.1 Å². The number of sulfonamides is 1. The van der Waals surface area contributed by atoms with Crippen molar-refractivity contribution in [3.63, 3.8) is 0 Å². The van der Waals surface area contributed by atoms with E-state index >= 15 is 0 Å². The molecular formula is C15H22N2O2S. The summed E-state index contributed by atoms with van der Waals surface area (Å²) < 4.78 is 27.9. The highest BCUT2D eigenvalue weighted by Crippen LogP contribution is 2.49. The van der Waals surface area contributed by atoms with Crippen molar-refractivity contribution >= 4 is 10.0 Å². The van der Waals surface area contributed by atoms with Crippen molar-refractivity contribution < 1.29 is 8.42 Å². The summed E-state index contributed by atoms with van der Waals surface area (Å²) in [6.45, 7) is 7.21. The Hall–Kier alpha value is -0.910. The Balaban J connectivity index is 1.82. The van der Waals surface area contributed by atoms with Crippen LogP contribution in [0.15, 0.2) is 29.2 Å². The average molecular weight is 294 g/mol. The third kappa shape index (κ3) is 2.08. The van der Waals surface area contributed by atoms with Crippen LogP contribution in [0.4, 0.5) is 0 Å². The van der Waals surface area contributed by atoms with Crippen LogP contribution >= 0.6 is 0 Å². The first-order valence-electron chi connectivity index (χ1n) is 7.15. The van der Waals surface area contributed by atoms with Gasteiger partial charge in [-0.3, -0.25) is 0 Å². The Morgan fingerprint density at radius 1 is 1.25 bits per heavy atom. The minimum absolute atomic E-state index is 0.0220. The van der Waals surface area contributed by atoms with Crippen LogP contribution in [0.2, 0.25) is 0 Å². The minimum Gasteiger partial charge on any atom is -0.313 e. The Bertz CT molecular complexity index is 607. The van der Waals surface area contributed by atoms with E-state index in [0.29, 0.717) is 16.9 Å². The number of benzene rings is 1. The maximum Gasteiger partial charge on any atom is 0.240 e. The lowest BCUT2D eigenvalue weighted by atomic mass is 9.57. The lowest BCUT2D eigenvalue weighted by Gasteiger charge is -2.55. The Morgan fingerprint density at radius 2 is 1.90 bits per heavy atom. The molecule has 3 rings (SSSR count). The molecule has 0 spiro atoms. The summed E-state index contributed by atoms with van der Waals surface area (Å²) in [7, 11) is -3.42. The maximum absolute atomic E-state index is 12.5. The van der Waals surface area contributed by atoms with Crippen LogP contribution in [0.1, 0.15) is 25.8 Å². The molecule has 0 aromatic heterocycles. The molecule has 110 valence electrons. The second kappa shape index (κ2) is 4.55. The van der Waals surface area contributed by atoms with Crippen LogP contribution in [0.5, 0.6) is 0 Å². The topological polar surface area (TPSA) is 58.2 Å². The number of fused-ring (bicyclic) bond motifs is 1. The summed E-state index contributed by atoms with van der Waals surface area (Å²) in [5, 5.41) is 3.47. The van der Waals surface area contributed by atoms with E-state index in [-0.39, 0.29) is 11.5 Å². The second-order valence-corrected chi connectivity index (χ2v) is 8.33. The molecule has 20 heavy (non-hydrogen) atoms. The third-order valence-electron chi connectivity index (χ3n) is 4.91. The van der Waals surface area contributed by atoms with Gasteiger partial charge in [-0.15, -0.1) is 0 Å². The maximum atomic E-state index is 12.5. The predicted molar refractivity (Wildman–Crippen MR) is 79.0 cm³/mol. The SMILES string of the molecule is Cc1ccc(S(=O)(=O)NC2C3CCNC3C2(C)C)cc1. The van der Waals surface area contributed by atoms with Crippen LogP contribution in [-0.2, 0) is 10.0 Å². The first-order valence-corrected chi connectivity index (χ1v) is 8.63. The molecule has 5 heteroatoms. The fourth-order valence-corrected chi connectivity index (χ4v) is 5.16. The zero-order chi connectivity index (χ0) is 14.5. The van der Waals surface area contributed by atoms with Gasteiger partial charge in [0.2, 0.25) is 10.0 Å². The summed E-state index contributed by atoms with van der Waals surface area (Å²) in [6.07, 6.45) is 1.05. The molecule has 1 aliphatic carbocycles. The molecule has 0 bridgehead atoms. The van der Waals surface area contributed by atoms with E-state index < -0.39 is 10.0 Å². The molecule has 2 aliphatic rings. The van der Waals surface area contributed by atoms with Gasteiger partial charge >= 0.3 is 0 Å². The summed E-state index contributed by atoms with van der Waals surface area (Å²) >= 11 is 0. The van der Waals surface area contributed by atoms with Crippen LogP contribution < -0.4 is 10.0 Å². The molecule has 1 aromatic carbocycles. The van der Waals surface area contributed by atoms with Gasteiger partial charge in [-0.1, -0.05) is 31.5 Å². The van der Waals surface area contributed by atoms with Crippen molar-refractivity contribution in [2.45, 2.75) is 44.2 Å². The van der Waals surface area contributed by atoms with E-state index in [1.807, 2.05) is 19.1 Å². The minimum atomic E-state index is -3.42. The summed E-state index contributed by atoms with van der Waals surface area (Å²) in [5.41, 5.74) is 1.03. The molecule has 0 amide bonds. The summed E-state index contributed by atoms with van der Waals surface area (Å²) in [4.78, 5) is 0.355. The summed E-state index contributed by atoms with van der Waals surface area (Å²) in [5.74, 6) is 0.422. The Morgan fingerprint density at radius 3 is 2.55 bits per heavy atom. The number of hydrogen-bond donors (Lipinski definition) is 2. The summed E-state index contributed by atoms with van der Waals surface area (Å²) in [6, 6.07) is 7.48. The monoisotopic (exact) mass is 294 g/mol. The highest BCUT2D eigenvalue weighted by molar-refractivity contribution is 7.89. The van der Waals surface area contributed by atoms with Crippen LogP contribution in [0.25, 0.3) is 0 Å². The van der Waals surface area contributed by atoms with Crippen molar-refractivity contribution in [3.8, 4) is 0 Å². The predicted octanol–water partition coefficient (Wildman–Crippen LogP) is 1.66. The normalized spacial score (nSPS) is 31.6. The second-order valence-electron chi connectivity index (χ2n) is 6.62. The van der Waals surface area contributed by atoms with Gasteiger partial charge < -0.3 is 5.32 Å². The van der Waals surface area contributed by atoms with E-state index in [1.165, 1.54) is 0 Å². The van der Waals surface area contributed by atoms with Crippen LogP contribution in [-0.4, -0.2) is 27.0 Å². The molecule has 2 N–H and O–H groups in total. The first-order chi connectivity index (χ1) is 9.32. The lowest BCUT2D eigenvalue weighted by Crippen LogP contribution is -2.69. The van der Waals surface area contributed by atoms with Crippen molar-refractivity contribution in [3.05, 3.63) is 29.8 Å². The average Bonchev–Trinajstić information content (AvgIpc) is 2.83. The fraction of sp³-hybridized carbons (Fsp3) is 0.600. The third-order valence-corrected chi connectivity index (χ3v) is 6.37. The largest absolute Gasteiger partial charge is 0.313 e. The molecule has 1 aliphatic heterocycles. The Kier molecular flexibility index (Phi) is 3.19. The van der Waals surface area contributed by atoms with Crippen molar-refractivity contribution in [1.82, 2.24) is 10.0 Å². The molecule has 1 saturated heterocycles. The standard InChI is InChI=1S/C15H22N2O2S/c1-10-4-6-11(7-5-10)20(18,19)17-14-12-8-9-16-13(12)15(14,2)3/h4-7,12-14,16-17H,8-9H2,1-3H3. The van der Waals surface area contributed by atoms with E-state index in [1.54, 1.807) is 12.1 Å². The van der Waals surface area contributed by atoms with Crippen molar-refractivity contribution in [2.24, 2.45) is 11.3 Å². The van der Waals surface area contributed by atoms with E-state index in [0.717, 1.165) is 18.5 Å². The van der Waals surface area contributed by atoms with Gasteiger partial charge in [0.15, 0.2) is 0 Å². The van der Waals surface area contributed by atoms with Crippen LogP contribution in [0, 0.1) is 18.3 Å². The fourth-order valence-electron chi connectivity index (χ4n) is 3.72. The van der Waals surface area contributed by atoms with Gasteiger partial charge in [0.25, 0.3) is 0 Å². The first kappa shape index (κ1) is 14.0. The van der Waals surface area contributed by atoms with Gasteiger partial charge in [0.05, 0.1) is 4.90 Å². The zero-order valence-corrected chi connectivity index (χ0v) is 13.0. The van der Waals surface area contributed by atoms with Gasteiger partial charge in [0.1, 0.15) is 0 Å². The van der Waals surface area contributed by atoms with Gasteiger partial charge in [-0.2, -0.15) is 0 Å². The van der Waals surface area contributed by atoms with E-state index in [4.69, 9.17) is 0 Å². The molecule has 2 fully saturated rings. The number of nitrogens with one attached hydrogen (secondary N) is 2. The lowest BCUT2D eigenvalue weighted by molar-refractivity contribution is 0.0163. The van der Waals surface area contributed by atoms with Gasteiger partial charge in [0, 0.05) is 12.1 Å². The molecule has 4 nitrogen and oxygen atoms in total. The van der Waals surface area contributed by atoms with Crippen molar-refractivity contribution in [1.29, 1.82) is 0 Å². The molecule has 3 atom stereocenters. The number of aryl methyl sites for hydroxylation is 1. The molecule has 1 saturated carbocycles. The van der Waals surface area contributed by atoms with Gasteiger partial charge in [-0.05, 0) is 43.4 Å². The Labute approximate surface area is 121 Å². The van der Waals surface area contributed by atoms with Crippen molar-refractivity contribution in [2.75, 3.05) is 6.54 Å². The highest BCUT2D eigenvalue weighted by Gasteiger charge is 2.58. The zero-order valence-electron chi connectivity index (χ0n) is 12.2. The molecular weight excluding hydrogens is 272 g/mol. The quantitative estimate of drug-likeness (QED) is 0.891.